The standard InChI is InChI=1S/C16H17Cl2N3O3S/c17-10-2-1-9(5-11(10)18)6-19-15(23)13-7-25-8-21(13)16(24)12-3-4-14(22)20-12/h1-2,5,12-13H,3-4,6-8H2,(H,19,23)(H,20,22)/t12-,13+/m0/s1. The highest BCUT2D eigenvalue weighted by Gasteiger charge is 2.39. The van der Waals surface area contributed by atoms with Gasteiger partial charge in [-0.05, 0) is 24.1 Å². The molecule has 0 saturated carbocycles. The lowest BCUT2D eigenvalue weighted by Crippen LogP contribution is -2.52. The summed E-state index contributed by atoms with van der Waals surface area (Å²) >= 11 is 13.4. The van der Waals surface area contributed by atoms with Gasteiger partial charge in [0.15, 0.2) is 0 Å². The number of benzene rings is 1. The van der Waals surface area contributed by atoms with Gasteiger partial charge < -0.3 is 15.5 Å². The molecule has 0 spiro atoms. The number of carbonyl (C=O) groups is 3. The van der Waals surface area contributed by atoms with E-state index in [0.29, 0.717) is 41.1 Å². The molecule has 2 aliphatic heterocycles. The van der Waals surface area contributed by atoms with Gasteiger partial charge in [0.25, 0.3) is 0 Å². The summed E-state index contributed by atoms with van der Waals surface area (Å²) in [5.41, 5.74) is 0.828. The highest BCUT2D eigenvalue weighted by atomic mass is 35.5. The lowest BCUT2D eigenvalue weighted by atomic mass is 10.1. The van der Waals surface area contributed by atoms with Crippen molar-refractivity contribution < 1.29 is 14.4 Å². The fraction of sp³-hybridized carbons (Fsp3) is 0.438. The highest BCUT2D eigenvalue weighted by Crippen LogP contribution is 2.25. The fourth-order valence-corrected chi connectivity index (χ4v) is 4.32. The van der Waals surface area contributed by atoms with Crippen molar-refractivity contribution in [2.24, 2.45) is 0 Å². The quantitative estimate of drug-likeness (QED) is 0.805. The summed E-state index contributed by atoms with van der Waals surface area (Å²) in [6.45, 7) is 0.305. The summed E-state index contributed by atoms with van der Waals surface area (Å²) in [5, 5.41) is 6.38. The van der Waals surface area contributed by atoms with Crippen LogP contribution in [0.15, 0.2) is 18.2 Å². The van der Waals surface area contributed by atoms with Crippen molar-refractivity contribution in [1.29, 1.82) is 0 Å². The van der Waals surface area contributed by atoms with Crippen LogP contribution in [-0.4, -0.2) is 46.3 Å². The molecule has 2 fully saturated rings. The maximum atomic E-state index is 12.6. The van der Waals surface area contributed by atoms with E-state index in [4.69, 9.17) is 23.2 Å². The van der Waals surface area contributed by atoms with Gasteiger partial charge in [0.2, 0.25) is 17.7 Å². The molecule has 134 valence electrons. The van der Waals surface area contributed by atoms with Crippen molar-refractivity contribution in [3.63, 3.8) is 0 Å². The zero-order chi connectivity index (χ0) is 18.0. The summed E-state index contributed by atoms with van der Waals surface area (Å²) in [4.78, 5) is 37.9. The van der Waals surface area contributed by atoms with Crippen LogP contribution in [0.4, 0.5) is 0 Å². The van der Waals surface area contributed by atoms with Crippen LogP contribution in [-0.2, 0) is 20.9 Å². The summed E-state index contributed by atoms with van der Waals surface area (Å²) in [6, 6.07) is 4.11. The second kappa shape index (κ2) is 7.85. The van der Waals surface area contributed by atoms with Gasteiger partial charge in [0.1, 0.15) is 12.1 Å². The molecule has 25 heavy (non-hydrogen) atoms. The third kappa shape index (κ3) is 4.22. The molecule has 0 bridgehead atoms. The Kier molecular flexibility index (Phi) is 5.76. The van der Waals surface area contributed by atoms with Crippen molar-refractivity contribution in [3.05, 3.63) is 33.8 Å². The predicted molar refractivity (Wildman–Crippen MR) is 97.4 cm³/mol. The predicted octanol–water partition coefficient (Wildman–Crippen LogP) is 1.79. The maximum absolute atomic E-state index is 12.6. The Bertz CT molecular complexity index is 716. The van der Waals surface area contributed by atoms with Gasteiger partial charge in [-0.25, -0.2) is 0 Å². The first-order valence-corrected chi connectivity index (χ1v) is 9.76. The maximum Gasteiger partial charge on any atom is 0.246 e. The number of carbonyl (C=O) groups excluding carboxylic acids is 3. The van der Waals surface area contributed by atoms with Gasteiger partial charge in [-0.3, -0.25) is 14.4 Å². The largest absolute Gasteiger partial charge is 0.350 e. The number of nitrogens with zero attached hydrogens (tertiary/aromatic N) is 1. The van der Waals surface area contributed by atoms with E-state index in [1.54, 1.807) is 23.1 Å². The number of nitrogens with one attached hydrogen (secondary N) is 2. The first-order chi connectivity index (χ1) is 12.0. The summed E-state index contributed by atoms with van der Waals surface area (Å²) < 4.78 is 0. The Balaban J connectivity index is 1.59. The second-order valence-corrected chi connectivity index (χ2v) is 7.76. The minimum Gasteiger partial charge on any atom is -0.350 e. The zero-order valence-electron chi connectivity index (χ0n) is 13.3. The third-order valence-electron chi connectivity index (χ3n) is 4.21. The number of rotatable bonds is 4. The minimum absolute atomic E-state index is 0.120. The Hall–Kier alpha value is -1.44. The highest BCUT2D eigenvalue weighted by molar-refractivity contribution is 7.99. The SMILES string of the molecule is O=C1CC[C@@H](C(=O)N2CSC[C@@H]2C(=O)NCc2ccc(Cl)c(Cl)c2)N1. The molecule has 2 atom stereocenters. The van der Waals surface area contributed by atoms with Crippen LogP contribution in [0.1, 0.15) is 18.4 Å². The zero-order valence-corrected chi connectivity index (χ0v) is 15.6. The molecule has 0 unspecified atom stereocenters. The van der Waals surface area contributed by atoms with E-state index in [1.807, 2.05) is 0 Å². The van der Waals surface area contributed by atoms with E-state index in [-0.39, 0.29) is 17.7 Å². The fourth-order valence-electron chi connectivity index (χ4n) is 2.83. The van der Waals surface area contributed by atoms with Gasteiger partial charge in [-0.15, -0.1) is 11.8 Å². The Morgan fingerprint density at radius 2 is 2.12 bits per heavy atom. The number of halogens is 2. The molecule has 0 radical (unpaired) electrons. The summed E-state index contributed by atoms with van der Waals surface area (Å²) in [6.07, 6.45) is 0.835. The van der Waals surface area contributed by atoms with Crippen LogP contribution in [0.25, 0.3) is 0 Å². The van der Waals surface area contributed by atoms with Crippen molar-refractivity contribution in [3.8, 4) is 0 Å². The van der Waals surface area contributed by atoms with E-state index >= 15 is 0 Å². The normalized spacial score (nSPS) is 22.8. The molecule has 1 aromatic carbocycles. The lowest BCUT2D eigenvalue weighted by Gasteiger charge is -2.25. The average molecular weight is 402 g/mol. The molecule has 1 aromatic rings. The minimum atomic E-state index is -0.530. The van der Waals surface area contributed by atoms with E-state index in [2.05, 4.69) is 10.6 Å². The third-order valence-corrected chi connectivity index (χ3v) is 5.96. The molecule has 3 rings (SSSR count). The molecule has 2 heterocycles. The molecular weight excluding hydrogens is 385 g/mol. The smallest absolute Gasteiger partial charge is 0.246 e. The van der Waals surface area contributed by atoms with Gasteiger partial charge in [-0.1, -0.05) is 29.3 Å². The van der Waals surface area contributed by atoms with Gasteiger partial charge in [0, 0.05) is 18.7 Å². The first kappa shape index (κ1) is 18.4. The van der Waals surface area contributed by atoms with E-state index in [1.165, 1.54) is 11.8 Å². The average Bonchev–Trinajstić information content (AvgIpc) is 3.24. The van der Waals surface area contributed by atoms with Gasteiger partial charge in [-0.2, -0.15) is 0 Å². The van der Waals surface area contributed by atoms with Gasteiger partial charge >= 0.3 is 0 Å². The van der Waals surface area contributed by atoms with E-state index in [9.17, 15) is 14.4 Å². The van der Waals surface area contributed by atoms with E-state index < -0.39 is 12.1 Å². The second-order valence-electron chi connectivity index (χ2n) is 5.95. The Morgan fingerprint density at radius 1 is 1.32 bits per heavy atom. The van der Waals surface area contributed by atoms with Crippen molar-refractivity contribution >= 4 is 52.7 Å². The monoisotopic (exact) mass is 401 g/mol. The van der Waals surface area contributed by atoms with Crippen molar-refractivity contribution in [2.45, 2.75) is 31.5 Å². The van der Waals surface area contributed by atoms with Crippen LogP contribution in [0.2, 0.25) is 10.0 Å². The molecule has 6 nitrogen and oxygen atoms in total. The Morgan fingerprint density at radius 3 is 2.80 bits per heavy atom. The summed E-state index contributed by atoms with van der Waals surface area (Å²) in [5.74, 6) is 0.473. The molecule has 0 aliphatic carbocycles. The molecular formula is C16H17Cl2N3O3S. The van der Waals surface area contributed by atoms with Gasteiger partial charge in [0.05, 0.1) is 15.9 Å². The number of hydrogen-bond donors (Lipinski definition) is 2. The van der Waals surface area contributed by atoms with E-state index in [0.717, 1.165) is 5.56 Å². The van der Waals surface area contributed by atoms with Crippen LogP contribution >= 0.6 is 35.0 Å². The number of hydrogen-bond acceptors (Lipinski definition) is 4. The summed E-state index contributed by atoms with van der Waals surface area (Å²) in [7, 11) is 0. The Labute approximate surface area is 159 Å². The van der Waals surface area contributed by atoms with Crippen LogP contribution < -0.4 is 10.6 Å². The number of amides is 3. The van der Waals surface area contributed by atoms with Crippen molar-refractivity contribution in [2.75, 3.05) is 11.6 Å². The first-order valence-electron chi connectivity index (χ1n) is 7.85. The molecule has 0 aromatic heterocycles. The lowest BCUT2D eigenvalue weighted by molar-refractivity contribution is -0.139. The molecule has 9 heteroatoms. The van der Waals surface area contributed by atoms with Crippen LogP contribution in [0, 0.1) is 0 Å². The van der Waals surface area contributed by atoms with Crippen LogP contribution in [0.5, 0.6) is 0 Å². The molecule has 2 saturated heterocycles. The topological polar surface area (TPSA) is 78.5 Å². The molecule has 3 amide bonds. The number of thioether (sulfide) groups is 1. The molecule has 2 aliphatic rings. The molecule has 2 N–H and O–H groups in total. The van der Waals surface area contributed by atoms with Crippen LogP contribution in [0.3, 0.4) is 0 Å². The van der Waals surface area contributed by atoms with Crippen molar-refractivity contribution in [1.82, 2.24) is 15.5 Å².